The Morgan fingerprint density at radius 1 is 1.24 bits per heavy atom. The van der Waals surface area contributed by atoms with Gasteiger partial charge in [-0.2, -0.15) is 0 Å². The van der Waals surface area contributed by atoms with Crippen LogP contribution in [0, 0.1) is 23.7 Å². The Labute approximate surface area is 101 Å². The van der Waals surface area contributed by atoms with E-state index < -0.39 is 0 Å². The van der Waals surface area contributed by atoms with Crippen molar-refractivity contribution in [1.82, 2.24) is 0 Å². The fraction of sp³-hybridized carbons (Fsp3) is 0.714. The van der Waals surface area contributed by atoms with Gasteiger partial charge >= 0.3 is 5.97 Å². The van der Waals surface area contributed by atoms with E-state index >= 15 is 0 Å². The van der Waals surface area contributed by atoms with Crippen molar-refractivity contribution in [3.05, 3.63) is 12.2 Å². The molecule has 1 aliphatic heterocycles. The van der Waals surface area contributed by atoms with E-state index in [4.69, 9.17) is 4.74 Å². The summed E-state index contributed by atoms with van der Waals surface area (Å²) >= 11 is 0. The molecule has 5 unspecified atom stereocenters. The Kier molecular flexibility index (Phi) is 2.39. The van der Waals surface area contributed by atoms with Crippen LogP contribution in [0.25, 0.3) is 0 Å². The fourth-order valence-corrected chi connectivity index (χ4v) is 3.91. The molecule has 2 aliphatic carbocycles. The smallest absolute Gasteiger partial charge is 0.334 e. The van der Waals surface area contributed by atoms with Crippen molar-refractivity contribution in [2.75, 3.05) is 0 Å². The van der Waals surface area contributed by atoms with E-state index in [9.17, 15) is 9.59 Å². The summed E-state index contributed by atoms with van der Waals surface area (Å²) in [7, 11) is 0. The van der Waals surface area contributed by atoms with Crippen LogP contribution in [0.15, 0.2) is 12.2 Å². The summed E-state index contributed by atoms with van der Waals surface area (Å²) < 4.78 is 5.38. The van der Waals surface area contributed by atoms with Crippen molar-refractivity contribution in [2.24, 2.45) is 23.7 Å². The summed E-state index contributed by atoms with van der Waals surface area (Å²) in [6.45, 7) is 6.03. The maximum atomic E-state index is 11.9. The van der Waals surface area contributed by atoms with Gasteiger partial charge in [-0.1, -0.05) is 13.5 Å². The van der Waals surface area contributed by atoms with Crippen LogP contribution in [-0.2, 0) is 14.3 Å². The Hall–Kier alpha value is -1.12. The van der Waals surface area contributed by atoms with Crippen molar-refractivity contribution in [3.8, 4) is 0 Å². The van der Waals surface area contributed by atoms with Crippen molar-refractivity contribution in [1.29, 1.82) is 0 Å². The second kappa shape index (κ2) is 3.69. The third-order valence-electron chi connectivity index (χ3n) is 4.91. The largest absolute Gasteiger partial charge is 0.458 e. The average Bonchev–Trinajstić information content (AvgIpc) is 2.71. The van der Waals surface area contributed by atoms with E-state index in [1.54, 1.807) is 0 Å². The summed E-state index contributed by atoms with van der Waals surface area (Å²) in [5.41, 5.74) is 0.586. The molecule has 0 aromatic heterocycles. The lowest BCUT2D eigenvalue weighted by molar-refractivity contribution is -0.139. The lowest BCUT2D eigenvalue weighted by Crippen LogP contribution is -2.20. The molecule has 3 rings (SSSR count). The molecule has 5 atom stereocenters. The first-order valence-corrected chi connectivity index (χ1v) is 6.50. The highest BCUT2D eigenvalue weighted by atomic mass is 16.6. The second-order valence-corrected chi connectivity index (χ2v) is 5.80. The molecule has 92 valence electrons. The van der Waals surface area contributed by atoms with Gasteiger partial charge in [-0.3, -0.25) is 4.79 Å². The first kappa shape index (κ1) is 11.0. The first-order chi connectivity index (χ1) is 8.08. The fourth-order valence-electron chi connectivity index (χ4n) is 3.91. The quantitative estimate of drug-likeness (QED) is 0.476. The summed E-state index contributed by atoms with van der Waals surface area (Å²) in [4.78, 5) is 23.5. The molecule has 17 heavy (non-hydrogen) atoms. The lowest BCUT2D eigenvalue weighted by atomic mass is 9.82. The number of ketones is 1. The van der Waals surface area contributed by atoms with E-state index in [0.29, 0.717) is 23.2 Å². The van der Waals surface area contributed by atoms with Gasteiger partial charge in [0, 0.05) is 23.8 Å². The number of esters is 1. The van der Waals surface area contributed by atoms with Gasteiger partial charge in [-0.25, -0.2) is 4.79 Å². The third-order valence-corrected chi connectivity index (χ3v) is 4.91. The lowest BCUT2D eigenvalue weighted by Gasteiger charge is -2.21. The molecule has 0 spiro atoms. The maximum absolute atomic E-state index is 11.9. The molecule has 3 fully saturated rings. The van der Waals surface area contributed by atoms with Crippen LogP contribution in [0.4, 0.5) is 0 Å². The Morgan fingerprint density at radius 3 is 2.76 bits per heavy atom. The number of ether oxygens (including phenoxy) is 1. The van der Waals surface area contributed by atoms with E-state index in [-0.39, 0.29) is 23.9 Å². The Bertz CT molecular complexity index is 398. The van der Waals surface area contributed by atoms with Gasteiger partial charge in [0.25, 0.3) is 0 Å². The van der Waals surface area contributed by atoms with Gasteiger partial charge < -0.3 is 4.74 Å². The maximum Gasteiger partial charge on any atom is 0.334 e. The number of Topliss-reactive ketones (excluding diaryl/α,β-unsaturated/α-hetero) is 1. The monoisotopic (exact) mass is 234 g/mol. The number of carbonyl (C=O) groups is 2. The zero-order valence-corrected chi connectivity index (χ0v) is 10.1. The summed E-state index contributed by atoms with van der Waals surface area (Å²) in [5, 5.41) is 0. The highest BCUT2D eigenvalue weighted by Crippen LogP contribution is 2.48. The minimum atomic E-state index is -0.254. The van der Waals surface area contributed by atoms with Crippen LogP contribution in [0.1, 0.15) is 32.6 Å². The SMILES string of the molecule is C=C1C(=O)OC2CC(C)C3CCC(=O)C3CC12. The number of carbonyl (C=O) groups excluding carboxylic acids is 2. The zero-order chi connectivity index (χ0) is 12.2. The molecule has 3 heteroatoms. The number of hydrogen-bond acceptors (Lipinski definition) is 3. The number of rotatable bonds is 0. The first-order valence-electron chi connectivity index (χ1n) is 6.50. The molecule has 0 radical (unpaired) electrons. The minimum absolute atomic E-state index is 0.0246. The normalized spacial score (nSPS) is 45.2. The molecule has 0 aromatic rings. The van der Waals surface area contributed by atoms with Crippen molar-refractivity contribution in [3.63, 3.8) is 0 Å². The molecule has 0 aromatic carbocycles. The van der Waals surface area contributed by atoms with Crippen molar-refractivity contribution >= 4 is 11.8 Å². The van der Waals surface area contributed by atoms with Gasteiger partial charge in [-0.15, -0.1) is 0 Å². The molecule has 2 saturated carbocycles. The van der Waals surface area contributed by atoms with Crippen LogP contribution in [-0.4, -0.2) is 17.9 Å². The summed E-state index contributed by atoms with van der Waals surface area (Å²) in [5.74, 6) is 1.33. The van der Waals surface area contributed by atoms with Gasteiger partial charge in [0.15, 0.2) is 0 Å². The minimum Gasteiger partial charge on any atom is -0.458 e. The van der Waals surface area contributed by atoms with Crippen LogP contribution < -0.4 is 0 Å². The summed E-state index contributed by atoms with van der Waals surface area (Å²) in [6, 6.07) is 0. The number of hydrogen-bond donors (Lipinski definition) is 0. The van der Waals surface area contributed by atoms with Crippen LogP contribution in [0.3, 0.4) is 0 Å². The molecule has 3 aliphatic rings. The standard InChI is InChI=1S/C14H18O3/c1-7-5-13-10(8(2)14(16)17-13)6-11-9(7)3-4-12(11)15/h7,9-11,13H,2-6H2,1H3. The van der Waals surface area contributed by atoms with E-state index in [2.05, 4.69) is 13.5 Å². The van der Waals surface area contributed by atoms with E-state index in [1.165, 1.54) is 0 Å². The molecular formula is C14H18O3. The molecule has 1 saturated heterocycles. The average molecular weight is 234 g/mol. The molecule has 0 N–H and O–H groups in total. The van der Waals surface area contributed by atoms with Gasteiger partial charge in [-0.05, 0) is 31.1 Å². The third kappa shape index (κ3) is 1.55. The van der Waals surface area contributed by atoms with Crippen molar-refractivity contribution in [2.45, 2.75) is 38.7 Å². The molecule has 0 amide bonds. The predicted octanol–water partition coefficient (Wildman–Crippen LogP) is 2.11. The van der Waals surface area contributed by atoms with E-state index in [0.717, 1.165) is 25.7 Å². The predicted molar refractivity (Wildman–Crippen MR) is 62.1 cm³/mol. The number of fused-ring (bicyclic) bond motifs is 2. The highest BCUT2D eigenvalue weighted by molar-refractivity contribution is 5.91. The zero-order valence-electron chi connectivity index (χ0n) is 10.1. The topological polar surface area (TPSA) is 43.4 Å². The van der Waals surface area contributed by atoms with Crippen LogP contribution in [0.5, 0.6) is 0 Å². The van der Waals surface area contributed by atoms with Crippen LogP contribution >= 0.6 is 0 Å². The van der Waals surface area contributed by atoms with Gasteiger partial charge in [0.05, 0.1) is 0 Å². The van der Waals surface area contributed by atoms with Gasteiger partial charge in [0.2, 0.25) is 0 Å². The van der Waals surface area contributed by atoms with Gasteiger partial charge in [0.1, 0.15) is 11.9 Å². The highest BCUT2D eigenvalue weighted by Gasteiger charge is 2.49. The molecule has 3 nitrogen and oxygen atoms in total. The van der Waals surface area contributed by atoms with E-state index in [1.807, 2.05) is 0 Å². The molecule has 0 bridgehead atoms. The second-order valence-electron chi connectivity index (χ2n) is 5.80. The van der Waals surface area contributed by atoms with Crippen LogP contribution in [0.2, 0.25) is 0 Å². The Morgan fingerprint density at radius 2 is 2.00 bits per heavy atom. The Balaban J connectivity index is 1.91. The van der Waals surface area contributed by atoms with Crippen molar-refractivity contribution < 1.29 is 14.3 Å². The summed E-state index contributed by atoms with van der Waals surface area (Å²) in [6.07, 6.45) is 3.39. The molecular weight excluding hydrogens is 216 g/mol. The molecule has 1 heterocycles.